The number of furan rings is 1. The summed E-state index contributed by atoms with van der Waals surface area (Å²) >= 11 is 0. The molecule has 3 rings (SSSR count). The zero-order valence-electron chi connectivity index (χ0n) is 13.7. The van der Waals surface area contributed by atoms with E-state index in [2.05, 4.69) is 18.9 Å². The highest BCUT2D eigenvalue weighted by Gasteiger charge is 2.31. The van der Waals surface area contributed by atoms with Crippen LogP contribution in [0.5, 0.6) is 0 Å². The van der Waals surface area contributed by atoms with Crippen LogP contribution >= 0.6 is 0 Å². The Kier molecular flexibility index (Phi) is 4.37. The Morgan fingerprint density at radius 1 is 1.38 bits per heavy atom. The second-order valence-corrected chi connectivity index (χ2v) is 6.26. The van der Waals surface area contributed by atoms with Crippen LogP contribution in [0.1, 0.15) is 49.4 Å². The topological polar surface area (TPSA) is 94.4 Å². The van der Waals surface area contributed by atoms with Crippen LogP contribution < -0.4 is 0 Å². The van der Waals surface area contributed by atoms with Crippen molar-refractivity contribution in [3.63, 3.8) is 0 Å². The lowest BCUT2D eigenvalue weighted by atomic mass is 9.97. The monoisotopic (exact) mass is 332 g/mol. The van der Waals surface area contributed by atoms with E-state index in [0.29, 0.717) is 11.5 Å². The minimum atomic E-state index is -0.500. The van der Waals surface area contributed by atoms with E-state index < -0.39 is 4.92 Å². The van der Waals surface area contributed by atoms with E-state index in [-0.39, 0.29) is 30.2 Å². The summed E-state index contributed by atoms with van der Waals surface area (Å²) in [7, 11) is 0. The molecule has 0 spiro atoms. The van der Waals surface area contributed by atoms with Crippen molar-refractivity contribution in [1.29, 1.82) is 0 Å². The van der Waals surface area contributed by atoms with Crippen molar-refractivity contribution < 1.29 is 14.1 Å². The molecule has 0 unspecified atom stereocenters. The van der Waals surface area contributed by atoms with Gasteiger partial charge in [-0.2, -0.15) is 5.10 Å². The normalized spacial score (nSPS) is 21.0. The molecule has 0 N–H and O–H groups in total. The van der Waals surface area contributed by atoms with Gasteiger partial charge in [-0.1, -0.05) is 0 Å². The van der Waals surface area contributed by atoms with Crippen molar-refractivity contribution in [2.45, 2.75) is 51.7 Å². The van der Waals surface area contributed by atoms with Crippen LogP contribution in [0.3, 0.4) is 0 Å². The van der Waals surface area contributed by atoms with Crippen LogP contribution in [-0.4, -0.2) is 37.6 Å². The van der Waals surface area contributed by atoms with Crippen molar-refractivity contribution in [3.05, 3.63) is 46.2 Å². The number of carbonyl (C=O) groups excluding carboxylic acids is 1. The number of hydrogen-bond donors (Lipinski definition) is 0. The summed E-state index contributed by atoms with van der Waals surface area (Å²) in [6, 6.07) is 3.76. The second-order valence-electron chi connectivity index (χ2n) is 6.26. The lowest BCUT2D eigenvalue weighted by Gasteiger charge is -2.38. The maximum absolute atomic E-state index is 12.7. The number of carbonyl (C=O) groups is 1. The molecule has 0 aliphatic carbocycles. The Labute approximate surface area is 139 Å². The molecule has 128 valence electrons. The number of nitro groups is 1. The predicted molar refractivity (Wildman–Crippen MR) is 85.6 cm³/mol. The van der Waals surface area contributed by atoms with Gasteiger partial charge in [0.1, 0.15) is 18.2 Å². The third-order valence-electron chi connectivity index (χ3n) is 4.45. The highest BCUT2D eigenvalue weighted by atomic mass is 16.6. The molecule has 1 saturated heterocycles. The molecule has 1 fully saturated rings. The Morgan fingerprint density at radius 3 is 2.71 bits per heavy atom. The van der Waals surface area contributed by atoms with Crippen LogP contribution in [0.25, 0.3) is 0 Å². The molecular formula is C16H20N4O4. The third-order valence-corrected chi connectivity index (χ3v) is 4.45. The van der Waals surface area contributed by atoms with Crippen molar-refractivity contribution in [1.82, 2.24) is 14.7 Å². The molecule has 3 heterocycles. The number of hydrogen-bond acceptors (Lipinski definition) is 5. The number of likely N-dealkylation sites (tertiary alicyclic amines) is 1. The molecule has 1 aliphatic heterocycles. The molecule has 0 bridgehead atoms. The number of amides is 1. The van der Waals surface area contributed by atoms with Gasteiger partial charge in [-0.05, 0) is 45.2 Å². The molecule has 8 nitrogen and oxygen atoms in total. The molecule has 8 heteroatoms. The number of rotatable bonds is 4. The lowest BCUT2D eigenvalue weighted by molar-refractivity contribution is -0.385. The summed E-state index contributed by atoms with van der Waals surface area (Å²) in [4.78, 5) is 24.8. The molecule has 2 aromatic heterocycles. The summed E-state index contributed by atoms with van der Waals surface area (Å²) in [5.74, 6) is 0.730. The fraction of sp³-hybridized carbons (Fsp3) is 0.500. The number of aromatic nitrogens is 2. The van der Waals surface area contributed by atoms with E-state index in [4.69, 9.17) is 4.42 Å². The molecule has 2 aromatic rings. The number of nitrogens with zero attached hydrogens (tertiary/aromatic N) is 4. The zero-order valence-corrected chi connectivity index (χ0v) is 13.7. The van der Waals surface area contributed by atoms with Crippen molar-refractivity contribution >= 4 is 11.6 Å². The van der Waals surface area contributed by atoms with Gasteiger partial charge in [0, 0.05) is 12.1 Å². The summed E-state index contributed by atoms with van der Waals surface area (Å²) in [5, 5.41) is 14.6. The molecule has 1 aliphatic rings. The van der Waals surface area contributed by atoms with E-state index >= 15 is 0 Å². The van der Waals surface area contributed by atoms with E-state index in [1.165, 1.54) is 17.1 Å². The SMILES string of the molecule is C[C@@H]1CCC[C@@H](C)N1C(=O)c1ccc(Cn2cc([N+](=O)[O-])cn2)o1. The van der Waals surface area contributed by atoms with Gasteiger partial charge in [0.2, 0.25) is 0 Å². The first kappa shape index (κ1) is 16.2. The van der Waals surface area contributed by atoms with Gasteiger partial charge in [0.15, 0.2) is 5.76 Å². The van der Waals surface area contributed by atoms with Gasteiger partial charge in [0.05, 0.1) is 11.5 Å². The summed E-state index contributed by atoms with van der Waals surface area (Å²) in [6.45, 7) is 4.35. The van der Waals surface area contributed by atoms with E-state index in [0.717, 1.165) is 19.3 Å². The van der Waals surface area contributed by atoms with Crippen LogP contribution in [0.4, 0.5) is 5.69 Å². The Bertz CT molecular complexity index is 741. The first-order chi connectivity index (χ1) is 11.5. The predicted octanol–water partition coefficient (Wildman–Crippen LogP) is 2.84. The van der Waals surface area contributed by atoms with Gasteiger partial charge < -0.3 is 9.32 Å². The van der Waals surface area contributed by atoms with Gasteiger partial charge in [-0.3, -0.25) is 19.6 Å². The van der Waals surface area contributed by atoms with Gasteiger partial charge in [-0.25, -0.2) is 0 Å². The lowest BCUT2D eigenvalue weighted by Crippen LogP contribution is -2.47. The van der Waals surface area contributed by atoms with E-state index in [1.54, 1.807) is 12.1 Å². The van der Waals surface area contributed by atoms with E-state index in [9.17, 15) is 14.9 Å². The molecular weight excluding hydrogens is 312 g/mol. The van der Waals surface area contributed by atoms with Gasteiger partial charge >= 0.3 is 5.69 Å². The maximum Gasteiger partial charge on any atom is 0.307 e. The summed E-state index contributed by atoms with van der Waals surface area (Å²) < 4.78 is 7.06. The second kappa shape index (κ2) is 6.46. The minimum Gasteiger partial charge on any atom is -0.454 e. The van der Waals surface area contributed by atoms with Crippen molar-refractivity contribution in [2.75, 3.05) is 0 Å². The smallest absolute Gasteiger partial charge is 0.307 e. The molecule has 24 heavy (non-hydrogen) atoms. The van der Waals surface area contributed by atoms with Gasteiger partial charge in [0.25, 0.3) is 5.91 Å². The highest BCUT2D eigenvalue weighted by Crippen LogP contribution is 2.25. The largest absolute Gasteiger partial charge is 0.454 e. The molecule has 0 radical (unpaired) electrons. The zero-order chi connectivity index (χ0) is 17.3. The summed E-state index contributed by atoms with van der Waals surface area (Å²) in [6.07, 6.45) is 5.65. The van der Waals surface area contributed by atoms with Crippen LogP contribution in [0, 0.1) is 10.1 Å². The van der Waals surface area contributed by atoms with Crippen LogP contribution in [0.2, 0.25) is 0 Å². The quantitative estimate of drug-likeness (QED) is 0.634. The minimum absolute atomic E-state index is 0.0752. The van der Waals surface area contributed by atoms with Crippen molar-refractivity contribution in [3.8, 4) is 0 Å². The Balaban J connectivity index is 1.72. The highest BCUT2D eigenvalue weighted by molar-refractivity contribution is 5.92. The summed E-state index contributed by atoms with van der Waals surface area (Å²) in [5.41, 5.74) is -0.0752. The molecule has 0 aromatic carbocycles. The Hall–Kier alpha value is -2.64. The van der Waals surface area contributed by atoms with E-state index in [1.807, 2.05) is 4.90 Å². The van der Waals surface area contributed by atoms with Crippen LogP contribution in [-0.2, 0) is 6.54 Å². The fourth-order valence-electron chi connectivity index (χ4n) is 3.22. The average Bonchev–Trinajstić information content (AvgIpc) is 3.17. The fourth-order valence-corrected chi connectivity index (χ4v) is 3.22. The maximum atomic E-state index is 12.7. The van der Waals surface area contributed by atoms with Gasteiger partial charge in [-0.15, -0.1) is 0 Å². The first-order valence-electron chi connectivity index (χ1n) is 8.04. The first-order valence-corrected chi connectivity index (χ1v) is 8.04. The molecule has 1 amide bonds. The van der Waals surface area contributed by atoms with Crippen LogP contribution in [0.15, 0.2) is 28.9 Å². The van der Waals surface area contributed by atoms with Crippen molar-refractivity contribution in [2.24, 2.45) is 0 Å². The third kappa shape index (κ3) is 3.17. The number of piperidine rings is 1. The average molecular weight is 332 g/mol. The standard InChI is InChI=1S/C16H20N4O4/c1-11-4-3-5-12(2)19(11)16(21)15-7-6-14(24-15)10-18-9-13(8-17-18)20(22)23/h6-9,11-12H,3-5,10H2,1-2H3/t11-,12-/m1/s1. The molecule has 0 saturated carbocycles. The Morgan fingerprint density at radius 2 is 2.08 bits per heavy atom. The molecule has 2 atom stereocenters.